The second-order valence-electron chi connectivity index (χ2n) is 7.05. The van der Waals surface area contributed by atoms with Gasteiger partial charge in [-0.1, -0.05) is 43.3 Å². The van der Waals surface area contributed by atoms with Crippen LogP contribution in [0.5, 0.6) is 0 Å². The normalized spacial score (nSPS) is 17.2. The van der Waals surface area contributed by atoms with Crippen molar-refractivity contribution in [2.75, 3.05) is 26.7 Å². The summed E-state index contributed by atoms with van der Waals surface area (Å²) in [5.74, 6) is 1.43. The highest BCUT2D eigenvalue weighted by molar-refractivity contribution is 14.0. The molecular formula is C21H31IN4S. The Morgan fingerprint density at radius 3 is 2.56 bits per heavy atom. The van der Waals surface area contributed by atoms with E-state index >= 15 is 0 Å². The van der Waals surface area contributed by atoms with Gasteiger partial charge in [0.25, 0.3) is 0 Å². The summed E-state index contributed by atoms with van der Waals surface area (Å²) in [5.41, 5.74) is 1.40. The molecule has 1 fully saturated rings. The Labute approximate surface area is 184 Å². The third-order valence-corrected chi connectivity index (χ3v) is 6.11. The Morgan fingerprint density at radius 2 is 1.93 bits per heavy atom. The standard InChI is InChI=1S/C21H30N4S.HI/c1-17(20-9-6-14-26-20)15-23-21(22-2)24-19-10-12-25(13-11-19)16-18-7-4-3-5-8-18;/h3-9,14,17,19H,10-13,15-16H2,1-2H3,(H2,22,23,24);1H. The third kappa shape index (κ3) is 7.08. The van der Waals surface area contributed by atoms with E-state index in [0.717, 1.165) is 45.0 Å². The maximum Gasteiger partial charge on any atom is 0.191 e. The zero-order chi connectivity index (χ0) is 18.2. The molecule has 0 saturated carbocycles. The molecule has 0 spiro atoms. The smallest absolute Gasteiger partial charge is 0.191 e. The molecule has 4 nitrogen and oxygen atoms in total. The number of guanidine groups is 1. The Kier molecular flexibility index (Phi) is 9.58. The fourth-order valence-electron chi connectivity index (χ4n) is 3.39. The van der Waals surface area contributed by atoms with E-state index in [1.54, 1.807) is 0 Å². The number of halogens is 1. The summed E-state index contributed by atoms with van der Waals surface area (Å²) in [7, 11) is 1.86. The number of hydrogen-bond acceptors (Lipinski definition) is 3. The van der Waals surface area contributed by atoms with E-state index in [9.17, 15) is 0 Å². The first-order valence-corrected chi connectivity index (χ1v) is 10.4. The predicted molar refractivity (Wildman–Crippen MR) is 127 cm³/mol. The van der Waals surface area contributed by atoms with Gasteiger partial charge in [-0.25, -0.2) is 0 Å². The lowest BCUT2D eigenvalue weighted by Gasteiger charge is -2.33. The predicted octanol–water partition coefficient (Wildman–Crippen LogP) is 4.30. The Balaban J connectivity index is 0.00000261. The molecule has 6 heteroatoms. The van der Waals surface area contributed by atoms with Crippen LogP contribution in [0.15, 0.2) is 52.8 Å². The van der Waals surface area contributed by atoms with Crippen molar-refractivity contribution < 1.29 is 0 Å². The van der Waals surface area contributed by atoms with Crippen LogP contribution in [0.3, 0.4) is 0 Å². The lowest BCUT2D eigenvalue weighted by atomic mass is 10.0. The van der Waals surface area contributed by atoms with Gasteiger partial charge >= 0.3 is 0 Å². The third-order valence-electron chi connectivity index (χ3n) is 5.01. The highest BCUT2D eigenvalue weighted by Crippen LogP contribution is 2.19. The van der Waals surface area contributed by atoms with Gasteiger partial charge in [-0.15, -0.1) is 35.3 Å². The summed E-state index contributed by atoms with van der Waals surface area (Å²) in [6.45, 7) is 6.49. The first-order valence-electron chi connectivity index (χ1n) is 9.51. The van der Waals surface area contributed by atoms with Crippen LogP contribution in [0.2, 0.25) is 0 Å². The quantitative estimate of drug-likeness (QED) is 0.355. The molecule has 0 amide bonds. The van der Waals surface area contributed by atoms with Crippen LogP contribution in [0.25, 0.3) is 0 Å². The molecule has 27 heavy (non-hydrogen) atoms. The molecule has 1 aromatic carbocycles. The fourth-order valence-corrected chi connectivity index (χ4v) is 4.17. The molecule has 1 unspecified atom stereocenters. The number of rotatable bonds is 6. The van der Waals surface area contributed by atoms with Crippen LogP contribution in [0.4, 0.5) is 0 Å². The van der Waals surface area contributed by atoms with Crippen LogP contribution >= 0.6 is 35.3 Å². The van der Waals surface area contributed by atoms with Crippen LogP contribution in [-0.4, -0.2) is 43.6 Å². The number of thiophene rings is 1. The number of nitrogens with one attached hydrogen (secondary N) is 2. The number of piperidine rings is 1. The van der Waals surface area contributed by atoms with E-state index in [1.165, 1.54) is 10.4 Å². The second-order valence-corrected chi connectivity index (χ2v) is 8.03. The highest BCUT2D eigenvalue weighted by Gasteiger charge is 2.20. The van der Waals surface area contributed by atoms with Crippen molar-refractivity contribution >= 4 is 41.3 Å². The molecule has 2 N–H and O–H groups in total. The van der Waals surface area contributed by atoms with Gasteiger partial charge in [0.2, 0.25) is 0 Å². The van der Waals surface area contributed by atoms with Gasteiger partial charge in [0.15, 0.2) is 5.96 Å². The minimum atomic E-state index is 0. The minimum absolute atomic E-state index is 0. The second kappa shape index (κ2) is 11.7. The molecule has 0 radical (unpaired) electrons. The number of nitrogens with zero attached hydrogens (tertiary/aromatic N) is 2. The van der Waals surface area contributed by atoms with Gasteiger partial charge in [-0.2, -0.15) is 0 Å². The number of aliphatic imine (C=N–C) groups is 1. The van der Waals surface area contributed by atoms with E-state index in [0.29, 0.717) is 12.0 Å². The number of likely N-dealkylation sites (tertiary alicyclic amines) is 1. The van der Waals surface area contributed by atoms with Crippen molar-refractivity contribution in [3.63, 3.8) is 0 Å². The molecule has 0 aliphatic carbocycles. The molecule has 1 atom stereocenters. The molecular weight excluding hydrogens is 467 g/mol. The van der Waals surface area contributed by atoms with E-state index in [1.807, 2.05) is 18.4 Å². The summed E-state index contributed by atoms with van der Waals surface area (Å²) in [6, 6.07) is 15.6. The molecule has 1 aromatic heterocycles. The molecule has 1 aliphatic rings. The maximum atomic E-state index is 4.41. The highest BCUT2D eigenvalue weighted by atomic mass is 127. The Hall–Kier alpha value is -1.12. The van der Waals surface area contributed by atoms with Gasteiger partial charge in [-0.3, -0.25) is 9.89 Å². The van der Waals surface area contributed by atoms with E-state index in [2.05, 4.69) is 75.3 Å². The molecule has 0 bridgehead atoms. The molecule has 1 saturated heterocycles. The lowest BCUT2D eigenvalue weighted by Crippen LogP contribution is -2.49. The van der Waals surface area contributed by atoms with Crippen molar-refractivity contribution in [3.8, 4) is 0 Å². The van der Waals surface area contributed by atoms with E-state index in [4.69, 9.17) is 0 Å². The van der Waals surface area contributed by atoms with Crippen molar-refractivity contribution in [1.29, 1.82) is 0 Å². The summed E-state index contributed by atoms with van der Waals surface area (Å²) in [5, 5.41) is 9.24. The average Bonchev–Trinajstić information content (AvgIpc) is 3.22. The summed E-state index contributed by atoms with van der Waals surface area (Å²) in [4.78, 5) is 8.37. The minimum Gasteiger partial charge on any atom is -0.356 e. The Bertz CT molecular complexity index is 667. The van der Waals surface area contributed by atoms with Crippen molar-refractivity contribution in [3.05, 3.63) is 58.3 Å². The maximum absolute atomic E-state index is 4.41. The zero-order valence-corrected chi connectivity index (χ0v) is 19.4. The summed E-state index contributed by atoms with van der Waals surface area (Å²) < 4.78 is 0. The average molecular weight is 498 g/mol. The zero-order valence-electron chi connectivity index (χ0n) is 16.2. The van der Waals surface area contributed by atoms with Crippen LogP contribution < -0.4 is 10.6 Å². The largest absolute Gasteiger partial charge is 0.356 e. The van der Waals surface area contributed by atoms with Crippen molar-refractivity contribution in [1.82, 2.24) is 15.5 Å². The summed E-state index contributed by atoms with van der Waals surface area (Å²) in [6.07, 6.45) is 2.32. The van der Waals surface area contributed by atoms with Gasteiger partial charge in [0, 0.05) is 50.1 Å². The molecule has 2 aromatic rings. The van der Waals surface area contributed by atoms with Gasteiger partial charge in [0.1, 0.15) is 0 Å². The molecule has 3 rings (SSSR count). The first kappa shape index (κ1) is 22.2. The molecule has 2 heterocycles. The molecule has 1 aliphatic heterocycles. The van der Waals surface area contributed by atoms with Crippen LogP contribution in [0.1, 0.15) is 36.1 Å². The van der Waals surface area contributed by atoms with E-state index in [-0.39, 0.29) is 24.0 Å². The molecule has 148 valence electrons. The van der Waals surface area contributed by atoms with Crippen LogP contribution in [-0.2, 0) is 6.54 Å². The SMILES string of the molecule is CN=C(NCC(C)c1cccs1)NC1CCN(Cc2ccccc2)CC1.I. The monoisotopic (exact) mass is 498 g/mol. The van der Waals surface area contributed by atoms with Gasteiger partial charge in [-0.05, 0) is 29.9 Å². The Morgan fingerprint density at radius 1 is 1.19 bits per heavy atom. The number of hydrogen-bond donors (Lipinski definition) is 2. The van der Waals surface area contributed by atoms with Gasteiger partial charge < -0.3 is 10.6 Å². The van der Waals surface area contributed by atoms with Crippen LogP contribution in [0, 0.1) is 0 Å². The van der Waals surface area contributed by atoms with E-state index < -0.39 is 0 Å². The number of benzene rings is 1. The fraction of sp³-hybridized carbons (Fsp3) is 0.476. The summed E-state index contributed by atoms with van der Waals surface area (Å²) >= 11 is 1.82. The first-order chi connectivity index (χ1) is 12.7. The topological polar surface area (TPSA) is 39.7 Å². The lowest BCUT2D eigenvalue weighted by molar-refractivity contribution is 0.198. The van der Waals surface area contributed by atoms with Crippen molar-refractivity contribution in [2.24, 2.45) is 4.99 Å². The van der Waals surface area contributed by atoms with Gasteiger partial charge in [0.05, 0.1) is 0 Å². The van der Waals surface area contributed by atoms with Crippen molar-refractivity contribution in [2.45, 2.75) is 38.3 Å².